The predicted molar refractivity (Wildman–Crippen MR) is 84.7 cm³/mol. The third kappa shape index (κ3) is 3.64. The minimum atomic E-state index is 0.130. The third-order valence-electron chi connectivity index (χ3n) is 3.25. The van der Waals surface area contributed by atoms with Crippen LogP contribution in [0.4, 0.5) is 0 Å². The topological polar surface area (TPSA) is 51.0 Å². The lowest BCUT2D eigenvalue weighted by molar-refractivity contribution is -0.127. The fraction of sp³-hybridized carbons (Fsp3) is 0.400. The van der Waals surface area contributed by atoms with Crippen LogP contribution in [0.3, 0.4) is 0 Å². The van der Waals surface area contributed by atoms with Crippen LogP contribution >= 0.6 is 11.8 Å². The molecule has 112 valence electrons. The normalized spacial score (nSPS) is 10.6. The number of carbonyl (C=O) groups excluding carboxylic acids is 1. The second kappa shape index (κ2) is 7.26. The number of hydrogen-bond acceptors (Lipinski definition) is 4. The van der Waals surface area contributed by atoms with E-state index in [1.165, 1.54) is 11.8 Å². The van der Waals surface area contributed by atoms with Gasteiger partial charge in [-0.1, -0.05) is 30.0 Å². The van der Waals surface area contributed by atoms with Gasteiger partial charge in [-0.3, -0.25) is 9.36 Å². The molecule has 0 aliphatic carbocycles. The van der Waals surface area contributed by atoms with Crippen molar-refractivity contribution in [1.82, 2.24) is 19.7 Å². The van der Waals surface area contributed by atoms with E-state index in [-0.39, 0.29) is 5.91 Å². The minimum absolute atomic E-state index is 0.130. The second-order valence-corrected chi connectivity index (χ2v) is 5.50. The summed E-state index contributed by atoms with van der Waals surface area (Å²) in [5.74, 6) is 1.33. The summed E-state index contributed by atoms with van der Waals surface area (Å²) in [7, 11) is 0. The number of aromatic nitrogens is 3. The van der Waals surface area contributed by atoms with Crippen molar-refractivity contribution in [2.24, 2.45) is 0 Å². The van der Waals surface area contributed by atoms with E-state index < -0.39 is 0 Å². The predicted octanol–water partition coefficient (Wildman–Crippen LogP) is 2.54. The summed E-state index contributed by atoms with van der Waals surface area (Å²) < 4.78 is 1.97. The van der Waals surface area contributed by atoms with Crippen LogP contribution < -0.4 is 0 Å². The van der Waals surface area contributed by atoms with Crippen LogP contribution in [0.2, 0.25) is 0 Å². The van der Waals surface area contributed by atoms with Crippen molar-refractivity contribution in [3.05, 3.63) is 36.2 Å². The molecule has 5 nitrogen and oxygen atoms in total. The molecular weight excluding hydrogens is 284 g/mol. The van der Waals surface area contributed by atoms with Crippen molar-refractivity contribution in [2.75, 3.05) is 18.8 Å². The summed E-state index contributed by atoms with van der Waals surface area (Å²) in [5, 5.41) is 9.05. The highest BCUT2D eigenvalue weighted by molar-refractivity contribution is 7.99. The summed E-state index contributed by atoms with van der Waals surface area (Å²) in [4.78, 5) is 13.9. The maximum atomic E-state index is 12.1. The number of hydrogen-bond donors (Lipinski definition) is 0. The van der Waals surface area contributed by atoms with Crippen LogP contribution in [-0.2, 0) is 4.79 Å². The SMILES string of the molecule is CCN(CC)C(=O)CSc1nnc(C)n1-c1ccccc1. The van der Waals surface area contributed by atoms with E-state index in [0.717, 1.165) is 29.8 Å². The maximum Gasteiger partial charge on any atom is 0.233 e. The molecule has 2 rings (SSSR count). The zero-order valence-electron chi connectivity index (χ0n) is 12.6. The van der Waals surface area contributed by atoms with E-state index in [0.29, 0.717) is 5.75 Å². The number of rotatable bonds is 6. The van der Waals surface area contributed by atoms with Gasteiger partial charge in [0.25, 0.3) is 0 Å². The van der Waals surface area contributed by atoms with E-state index >= 15 is 0 Å². The molecular formula is C15H20N4OS. The van der Waals surface area contributed by atoms with Crippen LogP contribution in [0.5, 0.6) is 0 Å². The number of para-hydroxylation sites is 1. The summed E-state index contributed by atoms with van der Waals surface area (Å²) >= 11 is 1.43. The van der Waals surface area contributed by atoms with Gasteiger partial charge >= 0.3 is 0 Å². The Balaban J connectivity index is 2.14. The molecule has 2 aromatic rings. The molecule has 0 atom stereocenters. The average Bonchev–Trinajstić information content (AvgIpc) is 2.88. The summed E-state index contributed by atoms with van der Waals surface area (Å²) in [6, 6.07) is 9.94. The van der Waals surface area contributed by atoms with E-state index in [1.807, 2.05) is 60.6 Å². The summed E-state index contributed by atoms with van der Waals surface area (Å²) in [6.07, 6.45) is 0. The maximum absolute atomic E-state index is 12.1. The first kappa shape index (κ1) is 15.6. The molecule has 0 fully saturated rings. The second-order valence-electron chi connectivity index (χ2n) is 4.56. The van der Waals surface area contributed by atoms with Gasteiger partial charge < -0.3 is 4.90 Å². The largest absolute Gasteiger partial charge is 0.343 e. The molecule has 0 saturated heterocycles. The molecule has 0 spiro atoms. The number of amides is 1. The molecule has 1 aromatic heterocycles. The van der Waals surface area contributed by atoms with E-state index in [2.05, 4.69) is 10.2 Å². The fourth-order valence-electron chi connectivity index (χ4n) is 2.10. The zero-order chi connectivity index (χ0) is 15.2. The summed E-state index contributed by atoms with van der Waals surface area (Å²) in [6.45, 7) is 7.36. The first-order chi connectivity index (χ1) is 10.2. The van der Waals surface area contributed by atoms with Gasteiger partial charge in [-0.05, 0) is 32.9 Å². The Kier molecular flexibility index (Phi) is 5.38. The van der Waals surface area contributed by atoms with Crippen molar-refractivity contribution in [3.8, 4) is 5.69 Å². The molecule has 0 radical (unpaired) electrons. The standard InChI is InChI=1S/C15H20N4OS/c1-4-18(5-2)14(20)11-21-15-17-16-12(3)19(15)13-9-7-6-8-10-13/h6-10H,4-5,11H2,1-3H3. The Hall–Kier alpha value is -1.82. The van der Waals surface area contributed by atoms with Crippen LogP contribution in [0, 0.1) is 6.92 Å². The fourth-order valence-corrected chi connectivity index (χ4v) is 3.00. The van der Waals surface area contributed by atoms with Gasteiger partial charge in [-0.15, -0.1) is 10.2 Å². The Morgan fingerprint density at radius 2 is 1.86 bits per heavy atom. The van der Waals surface area contributed by atoms with E-state index in [4.69, 9.17) is 0 Å². The third-order valence-corrected chi connectivity index (χ3v) is 4.16. The van der Waals surface area contributed by atoms with Crippen molar-refractivity contribution in [1.29, 1.82) is 0 Å². The van der Waals surface area contributed by atoms with Gasteiger partial charge in [0, 0.05) is 18.8 Å². The van der Waals surface area contributed by atoms with Gasteiger partial charge in [-0.25, -0.2) is 0 Å². The Morgan fingerprint density at radius 1 is 1.19 bits per heavy atom. The van der Waals surface area contributed by atoms with Gasteiger partial charge in [0.15, 0.2) is 5.16 Å². The molecule has 1 heterocycles. The molecule has 0 N–H and O–H groups in total. The molecule has 21 heavy (non-hydrogen) atoms. The lowest BCUT2D eigenvalue weighted by atomic mass is 10.3. The zero-order valence-corrected chi connectivity index (χ0v) is 13.4. The van der Waals surface area contributed by atoms with E-state index in [1.54, 1.807) is 0 Å². The molecule has 1 amide bonds. The molecule has 0 aliphatic rings. The number of thioether (sulfide) groups is 1. The van der Waals surface area contributed by atoms with E-state index in [9.17, 15) is 4.79 Å². The number of carbonyl (C=O) groups is 1. The van der Waals surface area contributed by atoms with Crippen molar-refractivity contribution < 1.29 is 4.79 Å². The Bertz CT molecular complexity index is 593. The van der Waals surface area contributed by atoms with Gasteiger partial charge in [0.2, 0.25) is 5.91 Å². The van der Waals surface area contributed by atoms with Crippen LogP contribution in [0.15, 0.2) is 35.5 Å². The highest BCUT2D eigenvalue weighted by atomic mass is 32.2. The van der Waals surface area contributed by atoms with Crippen molar-refractivity contribution >= 4 is 17.7 Å². The quantitative estimate of drug-likeness (QED) is 0.770. The molecule has 6 heteroatoms. The van der Waals surface area contributed by atoms with Crippen molar-refractivity contribution in [2.45, 2.75) is 25.9 Å². The number of aryl methyl sites for hydroxylation is 1. The van der Waals surface area contributed by atoms with Crippen LogP contribution in [0.1, 0.15) is 19.7 Å². The highest BCUT2D eigenvalue weighted by Gasteiger charge is 2.15. The van der Waals surface area contributed by atoms with Crippen molar-refractivity contribution in [3.63, 3.8) is 0 Å². The lowest BCUT2D eigenvalue weighted by Gasteiger charge is -2.18. The molecule has 0 bridgehead atoms. The van der Waals surface area contributed by atoms with Crippen LogP contribution in [-0.4, -0.2) is 44.4 Å². The molecule has 0 unspecified atom stereocenters. The monoisotopic (exact) mass is 304 g/mol. The summed E-state index contributed by atoms with van der Waals surface area (Å²) in [5.41, 5.74) is 1.01. The number of nitrogens with zero attached hydrogens (tertiary/aromatic N) is 4. The molecule has 0 aliphatic heterocycles. The highest BCUT2D eigenvalue weighted by Crippen LogP contribution is 2.21. The Labute approximate surface area is 129 Å². The Morgan fingerprint density at radius 3 is 2.48 bits per heavy atom. The van der Waals surface area contributed by atoms with Gasteiger partial charge in [0.1, 0.15) is 5.82 Å². The first-order valence-electron chi connectivity index (χ1n) is 7.05. The first-order valence-corrected chi connectivity index (χ1v) is 8.04. The smallest absolute Gasteiger partial charge is 0.233 e. The minimum Gasteiger partial charge on any atom is -0.343 e. The lowest BCUT2D eigenvalue weighted by Crippen LogP contribution is -2.31. The molecule has 1 aromatic carbocycles. The average molecular weight is 304 g/mol. The molecule has 0 saturated carbocycles. The van der Waals surface area contributed by atoms with Crippen LogP contribution in [0.25, 0.3) is 5.69 Å². The van der Waals surface area contributed by atoms with Gasteiger partial charge in [-0.2, -0.15) is 0 Å². The number of benzene rings is 1. The van der Waals surface area contributed by atoms with Gasteiger partial charge in [0.05, 0.1) is 5.75 Å².